The highest BCUT2D eigenvalue weighted by molar-refractivity contribution is 6.11. The van der Waals surface area contributed by atoms with Gasteiger partial charge in [0.2, 0.25) is 5.91 Å². The molecule has 0 radical (unpaired) electrons. The Morgan fingerprint density at radius 1 is 0.698 bits per heavy atom. The second kappa shape index (κ2) is 12.1. The molecule has 0 aromatic heterocycles. The van der Waals surface area contributed by atoms with Crippen molar-refractivity contribution in [3.05, 3.63) is 114 Å². The predicted octanol–water partition coefficient (Wildman–Crippen LogP) is 5.55. The molecule has 2 heterocycles. The van der Waals surface area contributed by atoms with E-state index in [1.54, 1.807) is 26.2 Å². The molecule has 220 valence electrons. The zero-order valence-corrected chi connectivity index (χ0v) is 24.6. The van der Waals surface area contributed by atoms with Crippen LogP contribution in [0.25, 0.3) is 0 Å². The lowest BCUT2D eigenvalue weighted by Gasteiger charge is -2.45. The third kappa shape index (κ3) is 5.25. The van der Waals surface area contributed by atoms with Crippen LogP contribution in [0.15, 0.2) is 97.1 Å². The number of carbonyl (C=O) groups excluding carboxylic acids is 2. The van der Waals surface area contributed by atoms with Crippen LogP contribution in [0.4, 0.5) is 11.4 Å². The number of anilines is 2. The minimum Gasteiger partial charge on any atom is -0.497 e. The highest BCUT2D eigenvalue weighted by Crippen LogP contribution is 2.46. The standard InChI is InChI=1S/C35H35N3O5/c1-41-26-16-12-24(13-17-26)33-32(35(40)37-22-20-36(21-23-37)30-10-6-7-11-31(30)43-3)28-8-4-5-9-29(28)34(39)38(33)25-14-18-27(42-2)19-15-25/h4-19,32-33H,20-23H2,1-3H3. The first kappa shape index (κ1) is 28.2. The Morgan fingerprint density at radius 2 is 1.30 bits per heavy atom. The van der Waals surface area contributed by atoms with Crippen LogP contribution in [0.2, 0.25) is 0 Å². The molecule has 1 saturated heterocycles. The van der Waals surface area contributed by atoms with Crippen LogP contribution < -0.4 is 24.0 Å². The van der Waals surface area contributed by atoms with Gasteiger partial charge in [0.05, 0.1) is 39.0 Å². The Balaban J connectivity index is 1.40. The van der Waals surface area contributed by atoms with E-state index in [1.165, 1.54) is 0 Å². The third-order valence-corrected chi connectivity index (χ3v) is 8.43. The fourth-order valence-corrected chi connectivity index (χ4v) is 6.23. The van der Waals surface area contributed by atoms with Crippen molar-refractivity contribution in [2.45, 2.75) is 12.0 Å². The molecular formula is C35H35N3O5. The number of ether oxygens (including phenoxy) is 3. The highest BCUT2D eigenvalue weighted by atomic mass is 16.5. The van der Waals surface area contributed by atoms with Crippen molar-refractivity contribution in [1.29, 1.82) is 0 Å². The molecule has 43 heavy (non-hydrogen) atoms. The van der Waals surface area contributed by atoms with Crippen molar-refractivity contribution in [2.75, 3.05) is 57.3 Å². The molecule has 8 heteroatoms. The van der Waals surface area contributed by atoms with E-state index < -0.39 is 12.0 Å². The molecule has 4 aromatic rings. The minimum absolute atomic E-state index is 0.000966. The maximum atomic E-state index is 14.7. The second-order valence-electron chi connectivity index (χ2n) is 10.6. The largest absolute Gasteiger partial charge is 0.497 e. The quantitative estimate of drug-likeness (QED) is 0.287. The summed E-state index contributed by atoms with van der Waals surface area (Å²) >= 11 is 0. The molecule has 0 saturated carbocycles. The van der Waals surface area contributed by atoms with Crippen LogP contribution in [0, 0.1) is 0 Å². The first-order valence-corrected chi connectivity index (χ1v) is 14.4. The summed E-state index contributed by atoms with van der Waals surface area (Å²) in [5.41, 5.74) is 3.85. The summed E-state index contributed by atoms with van der Waals surface area (Å²) in [5.74, 6) is 1.46. The lowest BCUT2D eigenvalue weighted by atomic mass is 9.78. The number of methoxy groups -OCH3 is 3. The average Bonchev–Trinajstić information content (AvgIpc) is 3.08. The van der Waals surface area contributed by atoms with E-state index in [-0.39, 0.29) is 11.8 Å². The van der Waals surface area contributed by atoms with Gasteiger partial charge >= 0.3 is 0 Å². The molecule has 0 N–H and O–H groups in total. The molecule has 2 amide bonds. The second-order valence-corrected chi connectivity index (χ2v) is 10.6. The maximum Gasteiger partial charge on any atom is 0.259 e. The molecule has 0 spiro atoms. The van der Waals surface area contributed by atoms with Crippen LogP contribution in [0.1, 0.15) is 33.4 Å². The van der Waals surface area contributed by atoms with Gasteiger partial charge in [0.15, 0.2) is 0 Å². The Labute approximate surface area is 252 Å². The average molecular weight is 578 g/mol. The van der Waals surface area contributed by atoms with Gasteiger partial charge < -0.3 is 24.0 Å². The number of amides is 2. The van der Waals surface area contributed by atoms with Crippen molar-refractivity contribution in [3.63, 3.8) is 0 Å². The van der Waals surface area contributed by atoms with Gasteiger partial charge in [-0.1, -0.05) is 42.5 Å². The zero-order valence-electron chi connectivity index (χ0n) is 24.6. The monoisotopic (exact) mass is 577 g/mol. The Morgan fingerprint density at radius 3 is 1.95 bits per heavy atom. The summed E-state index contributed by atoms with van der Waals surface area (Å²) in [7, 11) is 4.91. The van der Waals surface area contributed by atoms with Gasteiger partial charge in [-0.15, -0.1) is 0 Å². The molecule has 8 nitrogen and oxygen atoms in total. The Kier molecular flexibility index (Phi) is 7.92. The van der Waals surface area contributed by atoms with Crippen LogP contribution in [-0.4, -0.2) is 64.2 Å². The van der Waals surface area contributed by atoms with Gasteiger partial charge in [-0.25, -0.2) is 0 Å². The first-order chi connectivity index (χ1) is 21.0. The fraction of sp³-hybridized carbons (Fsp3) is 0.257. The predicted molar refractivity (Wildman–Crippen MR) is 167 cm³/mol. The summed E-state index contributed by atoms with van der Waals surface area (Å²) in [4.78, 5) is 34.8. The lowest BCUT2D eigenvalue weighted by Crippen LogP contribution is -2.53. The normalized spacial score (nSPS) is 18.2. The number of para-hydroxylation sites is 2. The van der Waals surface area contributed by atoms with Gasteiger partial charge in [0.1, 0.15) is 17.2 Å². The smallest absolute Gasteiger partial charge is 0.259 e. The molecule has 2 unspecified atom stereocenters. The summed E-state index contributed by atoms with van der Waals surface area (Å²) < 4.78 is 16.4. The van der Waals surface area contributed by atoms with Crippen molar-refractivity contribution < 1.29 is 23.8 Å². The molecule has 0 bridgehead atoms. The van der Waals surface area contributed by atoms with Crippen LogP contribution in [0.5, 0.6) is 17.2 Å². The zero-order chi connectivity index (χ0) is 29.9. The molecule has 2 atom stereocenters. The van der Waals surface area contributed by atoms with E-state index in [1.807, 2.05) is 102 Å². The fourth-order valence-electron chi connectivity index (χ4n) is 6.23. The van der Waals surface area contributed by atoms with E-state index in [4.69, 9.17) is 14.2 Å². The molecule has 1 fully saturated rings. The summed E-state index contributed by atoms with van der Waals surface area (Å²) in [5, 5.41) is 0. The van der Waals surface area contributed by atoms with Gasteiger partial charge in [-0.3, -0.25) is 14.5 Å². The highest BCUT2D eigenvalue weighted by Gasteiger charge is 2.46. The van der Waals surface area contributed by atoms with Gasteiger partial charge in [0, 0.05) is 37.4 Å². The minimum atomic E-state index is -0.609. The number of piperazine rings is 1. The van der Waals surface area contributed by atoms with Crippen LogP contribution in [-0.2, 0) is 4.79 Å². The number of carbonyl (C=O) groups is 2. The summed E-state index contributed by atoms with van der Waals surface area (Å²) in [6.45, 7) is 2.46. The maximum absolute atomic E-state index is 14.7. The van der Waals surface area contributed by atoms with Crippen molar-refractivity contribution in [2.24, 2.45) is 0 Å². The van der Waals surface area contributed by atoms with Crippen molar-refractivity contribution >= 4 is 23.2 Å². The SMILES string of the molecule is COc1ccc(C2C(C(=O)N3CCN(c4ccccc4OC)CC3)c3ccccc3C(=O)N2c2ccc(OC)cc2)cc1. The third-order valence-electron chi connectivity index (χ3n) is 8.43. The Hall–Kier alpha value is -4.98. The summed E-state index contributed by atoms with van der Waals surface area (Å²) in [6.07, 6.45) is 0. The van der Waals surface area contributed by atoms with Crippen molar-refractivity contribution in [1.82, 2.24) is 4.90 Å². The molecule has 6 rings (SSSR count). The lowest BCUT2D eigenvalue weighted by molar-refractivity contribution is -0.133. The van der Waals surface area contributed by atoms with E-state index in [2.05, 4.69) is 4.90 Å². The molecule has 4 aromatic carbocycles. The van der Waals surface area contributed by atoms with Crippen LogP contribution in [0.3, 0.4) is 0 Å². The van der Waals surface area contributed by atoms with E-state index >= 15 is 0 Å². The van der Waals surface area contributed by atoms with E-state index in [0.29, 0.717) is 48.9 Å². The summed E-state index contributed by atoms with van der Waals surface area (Å²) in [6, 6.07) is 29.9. The molecule has 2 aliphatic rings. The van der Waals surface area contributed by atoms with Gasteiger partial charge in [-0.2, -0.15) is 0 Å². The number of fused-ring (bicyclic) bond motifs is 1. The molecule has 0 aliphatic carbocycles. The Bertz CT molecular complexity index is 1600. The van der Waals surface area contributed by atoms with E-state index in [9.17, 15) is 9.59 Å². The molecular weight excluding hydrogens is 542 g/mol. The number of rotatable bonds is 7. The van der Waals surface area contributed by atoms with Gasteiger partial charge in [-0.05, 0) is 65.7 Å². The number of nitrogens with zero attached hydrogens (tertiary/aromatic N) is 3. The van der Waals surface area contributed by atoms with Gasteiger partial charge in [0.25, 0.3) is 5.91 Å². The number of hydrogen-bond acceptors (Lipinski definition) is 6. The topological polar surface area (TPSA) is 71.6 Å². The van der Waals surface area contributed by atoms with E-state index in [0.717, 1.165) is 22.6 Å². The number of hydrogen-bond donors (Lipinski definition) is 0. The number of benzene rings is 4. The van der Waals surface area contributed by atoms with Crippen molar-refractivity contribution in [3.8, 4) is 17.2 Å². The molecule has 2 aliphatic heterocycles. The van der Waals surface area contributed by atoms with Crippen LogP contribution >= 0.6 is 0 Å². The first-order valence-electron chi connectivity index (χ1n) is 14.4.